The van der Waals surface area contributed by atoms with Crippen LogP contribution < -0.4 is 0 Å². The summed E-state index contributed by atoms with van der Waals surface area (Å²) < 4.78 is 10.7. The molecule has 1 aliphatic rings. The van der Waals surface area contributed by atoms with E-state index in [1.54, 1.807) is 7.11 Å². The topological polar surface area (TPSA) is 38.7 Å². The summed E-state index contributed by atoms with van der Waals surface area (Å²) in [7, 11) is 1.66. The van der Waals surface area contributed by atoms with Crippen LogP contribution in [0.3, 0.4) is 0 Å². The van der Waals surface area contributed by atoms with Gasteiger partial charge in [-0.1, -0.05) is 13.0 Å². The Labute approximate surface area is 79.3 Å². The summed E-state index contributed by atoms with van der Waals surface area (Å²) in [5, 5.41) is 9.32. The first-order valence-corrected chi connectivity index (χ1v) is 4.71. The second kappa shape index (κ2) is 4.63. The van der Waals surface area contributed by atoms with Crippen molar-refractivity contribution in [3.8, 4) is 0 Å². The summed E-state index contributed by atoms with van der Waals surface area (Å²) in [4.78, 5) is 0. The quantitative estimate of drug-likeness (QED) is 0.676. The van der Waals surface area contributed by atoms with Gasteiger partial charge in [0.1, 0.15) is 0 Å². The van der Waals surface area contributed by atoms with Crippen molar-refractivity contribution >= 4 is 0 Å². The van der Waals surface area contributed by atoms with Gasteiger partial charge >= 0.3 is 0 Å². The largest absolute Gasteiger partial charge is 0.490 e. The molecule has 0 heterocycles. The van der Waals surface area contributed by atoms with Gasteiger partial charge in [-0.25, -0.2) is 0 Å². The molecule has 76 valence electrons. The van der Waals surface area contributed by atoms with Crippen molar-refractivity contribution in [2.45, 2.75) is 37.4 Å². The highest BCUT2D eigenvalue weighted by Gasteiger charge is 2.42. The Hall–Kier alpha value is -0.540. The van der Waals surface area contributed by atoms with Gasteiger partial charge in [-0.3, -0.25) is 0 Å². The van der Waals surface area contributed by atoms with Crippen molar-refractivity contribution in [1.29, 1.82) is 0 Å². The lowest BCUT2D eigenvalue weighted by Crippen LogP contribution is -2.50. The molecule has 1 aliphatic carbocycles. The zero-order chi connectivity index (χ0) is 9.73. The van der Waals surface area contributed by atoms with E-state index in [0.29, 0.717) is 0 Å². The molecule has 13 heavy (non-hydrogen) atoms. The Kier molecular flexibility index (Phi) is 3.75. The second-order valence-corrected chi connectivity index (χ2v) is 3.48. The molecule has 1 N–H and O–H groups in total. The van der Waals surface area contributed by atoms with Crippen LogP contribution >= 0.6 is 0 Å². The summed E-state index contributed by atoms with van der Waals surface area (Å²) in [6.45, 7) is 3.53. The molecule has 3 heteroatoms. The van der Waals surface area contributed by atoms with E-state index in [0.717, 1.165) is 25.7 Å². The number of methoxy groups -OCH3 is 1. The lowest BCUT2D eigenvalue weighted by molar-refractivity contribution is -0.144. The zero-order valence-corrected chi connectivity index (χ0v) is 8.16. The molecule has 1 rings (SSSR count). The fraction of sp³-hybridized carbons (Fsp3) is 0.800. The van der Waals surface area contributed by atoms with Crippen LogP contribution in [0.25, 0.3) is 0 Å². The summed E-state index contributed by atoms with van der Waals surface area (Å²) in [5.74, 6) is 0. The monoisotopic (exact) mass is 186 g/mol. The average Bonchev–Trinajstić information content (AvgIpc) is 2.19. The number of hydrogen-bond donors (Lipinski definition) is 1. The maximum absolute atomic E-state index is 9.32. The molecule has 0 aromatic rings. The molecular formula is C10H18O3. The molecule has 0 amide bonds. The number of ether oxygens (including phenoxy) is 2. The van der Waals surface area contributed by atoms with E-state index in [4.69, 9.17) is 9.47 Å². The van der Waals surface area contributed by atoms with Gasteiger partial charge in [-0.2, -0.15) is 0 Å². The summed E-state index contributed by atoms with van der Waals surface area (Å²) in [5.41, 5.74) is -0.547. The minimum Gasteiger partial charge on any atom is -0.490 e. The predicted octanol–water partition coefficient (Wildman–Crippen LogP) is 1.47. The summed E-state index contributed by atoms with van der Waals surface area (Å²) in [6.07, 6.45) is 5.39. The van der Waals surface area contributed by atoms with Gasteiger partial charge in [-0.05, 0) is 19.3 Å². The lowest BCUT2D eigenvalue weighted by Gasteiger charge is -2.40. The van der Waals surface area contributed by atoms with Crippen molar-refractivity contribution in [3.05, 3.63) is 12.8 Å². The molecule has 0 aromatic heterocycles. The van der Waals surface area contributed by atoms with Crippen LogP contribution in [0.5, 0.6) is 0 Å². The first-order valence-electron chi connectivity index (χ1n) is 4.71. The third-order valence-corrected chi connectivity index (χ3v) is 2.77. The molecule has 0 aliphatic heterocycles. The number of rotatable bonds is 4. The van der Waals surface area contributed by atoms with Crippen LogP contribution in [0.1, 0.15) is 25.7 Å². The van der Waals surface area contributed by atoms with Gasteiger partial charge in [-0.15, -0.1) is 0 Å². The SMILES string of the molecule is C=COC1(CO)CCCCC1OC. The lowest BCUT2D eigenvalue weighted by atomic mass is 9.82. The molecular weight excluding hydrogens is 168 g/mol. The Morgan fingerprint density at radius 2 is 2.38 bits per heavy atom. The van der Waals surface area contributed by atoms with Crippen molar-refractivity contribution in [2.75, 3.05) is 13.7 Å². The molecule has 3 nitrogen and oxygen atoms in total. The van der Waals surface area contributed by atoms with Crippen LogP contribution in [0.2, 0.25) is 0 Å². The van der Waals surface area contributed by atoms with Crippen LogP contribution in [0.15, 0.2) is 12.8 Å². The Balaban J connectivity index is 2.71. The average molecular weight is 186 g/mol. The molecule has 1 saturated carbocycles. The third kappa shape index (κ3) is 2.03. The molecule has 0 saturated heterocycles. The maximum Gasteiger partial charge on any atom is 0.157 e. The second-order valence-electron chi connectivity index (χ2n) is 3.48. The molecule has 0 aromatic carbocycles. The van der Waals surface area contributed by atoms with Crippen molar-refractivity contribution in [1.82, 2.24) is 0 Å². The van der Waals surface area contributed by atoms with E-state index in [2.05, 4.69) is 6.58 Å². The van der Waals surface area contributed by atoms with E-state index in [-0.39, 0.29) is 12.7 Å². The minimum absolute atomic E-state index is 0.00245. The highest BCUT2D eigenvalue weighted by molar-refractivity contribution is 4.93. The first-order chi connectivity index (χ1) is 6.29. The number of aliphatic hydroxyl groups excluding tert-OH is 1. The van der Waals surface area contributed by atoms with Crippen LogP contribution in [-0.4, -0.2) is 30.5 Å². The molecule has 2 unspecified atom stereocenters. The molecule has 0 radical (unpaired) electrons. The summed E-state index contributed by atoms with van der Waals surface area (Å²) in [6, 6.07) is 0. The van der Waals surface area contributed by atoms with E-state index < -0.39 is 5.60 Å². The van der Waals surface area contributed by atoms with Gasteiger partial charge < -0.3 is 14.6 Å². The normalized spacial score (nSPS) is 34.2. The molecule has 2 atom stereocenters. The maximum atomic E-state index is 9.32. The summed E-state index contributed by atoms with van der Waals surface area (Å²) >= 11 is 0. The fourth-order valence-corrected chi connectivity index (χ4v) is 2.03. The van der Waals surface area contributed by atoms with Crippen molar-refractivity contribution < 1.29 is 14.6 Å². The number of hydrogen-bond acceptors (Lipinski definition) is 3. The first kappa shape index (κ1) is 10.5. The zero-order valence-electron chi connectivity index (χ0n) is 8.16. The fourth-order valence-electron chi connectivity index (χ4n) is 2.03. The highest BCUT2D eigenvalue weighted by atomic mass is 16.5. The van der Waals surface area contributed by atoms with E-state index in [1.807, 2.05) is 0 Å². The van der Waals surface area contributed by atoms with Crippen LogP contribution in [0, 0.1) is 0 Å². The van der Waals surface area contributed by atoms with Gasteiger partial charge in [0.2, 0.25) is 0 Å². The van der Waals surface area contributed by atoms with Gasteiger partial charge in [0, 0.05) is 7.11 Å². The Morgan fingerprint density at radius 3 is 2.92 bits per heavy atom. The smallest absolute Gasteiger partial charge is 0.157 e. The van der Waals surface area contributed by atoms with E-state index in [9.17, 15) is 5.11 Å². The minimum atomic E-state index is -0.547. The standard InChI is InChI=1S/C10H18O3/c1-3-13-10(8-11)7-5-4-6-9(10)12-2/h3,9,11H,1,4-8H2,2H3. The number of aliphatic hydroxyl groups is 1. The third-order valence-electron chi connectivity index (χ3n) is 2.77. The van der Waals surface area contributed by atoms with E-state index >= 15 is 0 Å². The van der Waals surface area contributed by atoms with E-state index in [1.165, 1.54) is 6.26 Å². The highest BCUT2D eigenvalue weighted by Crippen LogP contribution is 2.33. The Bertz CT molecular complexity index is 170. The molecule has 0 bridgehead atoms. The van der Waals surface area contributed by atoms with Gasteiger partial charge in [0.05, 0.1) is 19.0 Å². The van der Waals surface area contributed by atoms with Crippen LogP contribution in [-0.2, 0) is 9.47 Å². The van der Waals surface area contributed by atoms with Crippen LogP contribution in [0.4, 0.5) is 0 Å². The van der Waals surface area contributed by atoms with Crippen molar-refractivity contribution in [3.63, 3.8) is 0 Å². The van der Waals surface area contributed by atoms with Crippen molar-refractivity contribution in [2.24, 2.45) is 0 Å². The Morgan fingerprint density at radius 1 is 1.62 bits per heavy atom. The molecule has 1 fully saturated rings. The van der Waals surface area contributed by atoms with Gasteiger partial charge in [0.25, 0.3) is 0 Å². The molecule has 0 spiro atoms. The van der Waals surface area contributed by atoms with Gasteiger partial charge in [0.15, 0.2) is 5.60 Å². The predicted molar refractivity (Wildman–Crippen MR) is 50.4 cm³/mol.